The summed E-state index contributed by atoms with van der Waals surface area (Å²) in [6, 6.07) is 21.0. The summed E-state index contributed by atoms with van der Waals surface area (Å²) < 4.78 is 0. The predicted molar refractivity (Wildman–Crippen MR) is 254 cm³/mol. The van der Waals surface area contributed by atoms with Gasteiger partial charge in [-0.2, -0.15) is 0 Å². The minimum Gasteiger partial charge on any atom is -0.481 e. The summed E-state index contributed by atoms with van der Waals surface area (Å²) in [6.45, 7) is 7.23. The van der Waals surface area contributed by atoms with E-state index in [-0.39, 0.29) is 22.7 Å². The van der Waals surface area contributed by atoms with Gasteiger partial charge in [0.25, 0.3) is 0 Å². The summed E-state index contributed by atoms with van der Waals surface area (Å²) in [5.74, 6) is -0.294. The molecule has 6 fully saturated rings. The average Bonchev–Trinajstić information content (AvgIpc) is 3.31. The first-order valence-corrected chi connectivity index (χ1v) is 26.2. The van der Waals surface area contributed by atoms with Crippen LogP contribution < -0.4 is 0 Å². The lowest BCUT2D eigenvalue weighted by Gasteiger charge is -2.65. The second-order valence-corrected chi connectivity index (χ2v) is 23.3. The van der Waals surface area contributed by atoms with E-state index in [9.17, 15) is 29.7 Å². The van der Waals surface area contributed by atoms with Gasteiger partial charge in [0.2, 0.25) is 0 Å². The molecule has 9 nitrogen and oxygen atoms in total. The molecule has 3 unspecified atom stereocenters. The highest BCUT2D eigenvalue weighted by Crippen LogP contribution is 2.63. The summed E-state index contributed by atoms with van der Waals surface area (Å²) >= 11 is 0. The van der Waals surface area contributed by atoms with Gasteiger partial charge in [-0.15, -0.1) is 0 Å². The third-order valence-electron chi connectivity index (χ3n) is 21.1. The maximum absolute atomic E-state index is 12.5. The summed E-state index contributed by atoms with van der Waals surface area (Å²) in [7, 11) is 2.32. The van der Waals surface area contributed by atoms with Crippen LogP contribution in [-0.4, -0.2) is 106 Å². The number of hydrogen-bond donors (Lipinski definition) is 3. The Bertz CT molecular complexity index is 2470. The van der Waals surface area contributed by atoms with Crippen molar-refractivity contribution in [1.82, 2.24) is 14.7 Å². The van der Waals surface area contributed by atoms with Crippen LogP contribution in [0.1, 0.15) is 151 Å². The number of hydrogen-bond acceptors (Lipinski definition) is 6. The van der Waals surface area contributed by atoms with Gasteiger partial charge in [-0.3, -0.25) is 19.4 Å². The molecule has 0 aromatic heterocycles. The van der Waals surface area contributed by atoms with E-state index in [1.54, 1.807) is 0 Å². The molecular formula is C57H71N3O6. The topological polar surface area (TPSA) is 122 Å². The second-order valence-electron chi connectivity index (χ2n) is 23.3. The van der Waals surface area contributed by atoms with Gasteiger partial charge in [0, 0.05) is 47.5 Å². The predicted octanol–water partition coefficient (Wildman–Crippen LogP) is 8.86. The molecule has 3 saturated carbocycles. The van der Waals surface area contributed by atoms with E-state index in [1.807, 2.05) is 13.0 Å². The first-order valence-electron chi connectivity index (χ1n) is 26.2. The monoisotopic (exact) mass is 894 g/mol. The van der Waals surface area contributed by atoms with Crippen LogP contribution >= 0.6 is 0 Å². The smallest absolute Gasteiger partial charge is 0.335 e. The number of fused-ring (bicyclic) bond motifs is 3. The Labute approximate surface area is 391 Å². The van der Waals surface area contributed by atoms with Crippen molar-refractivity contribution in [3.8, 4) is 0 Å². The van der Waals surface area contributed by atoms with Gasteiger partial charge in [-0.25, -0.2) is 4.79 Å². The molecular weight excluding hydrogens is 823 g/mol. The van der Waals surface area contributed by atoms with Crippen molar-refractivity contribution in [2.45, 2.75) is 156 Å². The zero-order valence-electron chi connectivity index (χ0n) is 39.4. The van der Waals surface area contributed by atoms with E-state index < -0.39 is 23.8 Å². The largest absolute Gasteiger partial charge is 0.481 e. The number of benzene rings is 3. The van der Waals surface area contributed by atoms with Crippen LogP contribution in [0.25, 0.3) is 0 Å². The van der Waals surface area contributed by atoms with Crippen molar-refractivity contribution in [3.05, 3.63) is 105 Å². The molecule has 3 heterocycles. The number of likely N-dealkylation sites (tertiary alicyclic amines) is 3. The van der Waals surface area contributed by atoms with Gasteiger partial charge >= 0.3 is 17.9 Å². The van der Waals surface area contributed by atoms with Crippen LogP contribution in [-0.2, 0) is 51.5 Å². The molecule has 3 aliphatic heterocycles. The number of carbonyl (C=O) groups is 3. The minimum absolute atomic E-state index is 0.00834. The summed E-state index contributed by atoms with van der Waals surface area (Å²) in [4.78, 5) is 45.4. The van der Waals surface area contributed by atoms with Gasteiger partial charge in [0.1, 0.15) is 0 Å². The van der Waals surface area contributed by atoms with Gasteiger partial charge in [-0.1, -0.05) is 68.1 Å². The maximum atomic E-state index is 12.5. The first kappa shape index (κ1) is 43.2. The summed E-state index contributed by atoms with van der Waals surface area (Å²) in [6.07, 6.45) is 18.8. The molecule has 12 atom stereocenters. The van der Waals surface area contributed by atoms with Crippen molar-refractivity contribution in [1.29, 1.82) is 0 Å². The molecule has 3 aromatic rings. The van der Waals surface area contributed by atoms with Crippen LogP contribution in [0.2, 0.25) is 0 Å². The molecule has 3 N–H and O–H groups in total. The van der Waals surface area contributed by atoms with Crippen molar-refractivity contribution < 1.29 is 29.7 Å². The molecule has 0 spiro atoms. The first-order chi connectivity index (χ1) is 31.9. The van der Waals surface area contributed by atoms with E-state index in [2.05, 4.69) is 70.3 Å². The van der Waals surface area contributed by atoms with E-state index in [1.165, 1.54) is 97.6 Å². The lowest BCUT2D eigenvalue weighted by atomic mass is 9.46. The van der Waals surface area contributed by atoms with E-state index in [0.29, 0.717) is 53.3 Å². The van der Waals surface area contributed by atoms with Crippen molar-refractivity contribution in [2.24, 2.45) is 29.6 Å². The van der Waals surface area contributed by atoms with Crippen LogP contribution in [0.3, 0.4) is 0 Å². The number of carboxylic acid groups (broad SMARTS) is 3. The quantitative estimate of drug-likeness (QED) is 0.194. The number of piperidine rings is 3. The van der Waals surface area contributed by atoms with Crippen molar-refractivity contribution >= 4 is 17.9 Å². The zero-order valence-corrected chi connectivity index (χ0v) is 39.4. The summed E-state index contributed by atoms with van der Waals surface area (Å²) in [5.41, 5.74) is 11.0. The van der Waals surface area contributed by atoms with Gasteiger partial charge in [-0.05, 0) is 197 Å². The Morgan fingerprint density at radius 3 is 1.91 bits per heavy atom. The molecule has 3 saturated heterocycles. The Morgan fingerprint density at radius 2 is 1.21 bits per heavy atom. The van der Waals surface area contributed by atoms with Crippen molar-refractivity contribution in [3.63, 3.8) is 0 Å². The highest BCUT2D eigenvalue weighted by Gasteiger charge is 2.62. The maximum Gasteiger partial charge on any atom is 0.335 e. The second kappa shape index (κ2) is 16.0. The molecule has 0 radical (unpaired) electrons. The van der Waals surface area contributed by atoms with E-state index >= 15 is 0 Å². The Balaban J connectivity index is 0.900. The fourth-order valence-corrected chi connectivity index (χ4v) is 18.2. The number of aliphatic carboxylic acids is 2. The van der Waals surface area contributed by atoms with Crippen LogP contribution in [0.4, 0.5) is 0 Å². The number of carboxylic acids is 3. The van der Waals surface area contributed by atoms with Gasteiger partial charge < -0.3 is 20.2 Å². The minimum atomic E-state index is -0.823. The lowest BCUT2D eigenvalue weighted by Crippen LogP contribution is -2.68. The van der Waals surface area contributed by atoms with Crippen molar-refractivity contribution in [2.75, 3.05) is 39.8 Å². The number of nitrogens with zero attached hydrogens (tertiary/aromatic N) is 3. The molecule has 66 heavy (non-hydrogen) atoms. The molecule has 9 heteroatoms. The molecule has 350 valence electrons. The van der Waals surface area contributed by atoms with Gasteiger partial charge in [0.05, 0.1) is 17.9 Å². The normalized spacial score (nSPS) is 37.2. The van der Waals surface area contributed by atoms with Crippen LogP contribution in [0.5, 0.6) is 0 Å². The number of likely N-dealkylation sites (N-methyl/N-ethyl adjacent to an activating group) is 1. The van der Waals surface area contributed by atoms with Gasteiger partial charge in [0.15, 0.2) is 0 Å². The average molecular weight is 894 g/mol. The molecule has 12 rings (SSSR count). The highest BCUT2D eigenvalue weighted by molar-refractivity contribution is 5.88. The third-order valence-corrected chi connectivity index (χ3v) is 21.1. The number of rotatable bonds is 9. The third kappa shape index (κ3) is 6.36. The Kier molecular flexibility index (Phi) is 10.5. The molecule has 6 aliphatic carbocycles. The molecule has 3 aromatic carbocycles. The van der Waals surface area contributed by atoms with Crippen LogP contribution in [0.15, 0.2) is 54.6 Å². The molecule has 0 amide bonds. The Morgan fingerprint density at radius 1 is 0.621 bits per heavy atom. The van der Waals surface area contributed by atoms with E-state index in [0.717, 1.165) is 82.4 Å². The number of aromatic carboxylic acids is 1. The SMILES string of the molecule is CC(C(=O)O)c1ccc2c(c1)[C@@]13CCN(CC4CCC[C@@H]5[C@@H]6Cc7ccc(C(=O)O)cc7[C@]45CCN6C)[C@@H](C2)[C@H]1CCCC3CN1CC[C@@]23CCCC[C@@H]2[C@@H]1Cc1ccc(CC(=O)O)cc13. The lowest BCUT2D eigenvalue weighted by molar-refractivity contribution is -0.138. The van der Waals surface area contributed by atoms with Crippen LogP contribution in [0, 0.1) is 29.6 Å². The molecule has 6 bridgehead atoms. The zero-order chi connectivity index (χ0) is 45.3. The summed E-state index contributed by atoms with van der Waals surface area (Å²) in [5, 5.41) is 30.3. The molecule has 9 aliphatic rings. The fourth-order valence-electron chi connectivity index (χ4n) is 18.2. The fraction of sp³-hybridized carbons (Fsp3) is 0.632. The Hall–Kier alpha value is -4.05. The van der Waals surface area contributed by atoms with E-state index in [4.69, 9.17) is 0 Å². The highest BCUT2D eigenvalue weighted by atomic mass is 16.4. The standard InChI is InChI=1S/C57H71N3O6/c1-34(53(63)64)36-14-15-39-31-51-45-11-6-8-42(32-59-23-19-55-18-4-3-9-43(55)50(59)30-37-13-12-35(25-46(37)55)26-52(61)62)57(45,47(39)27-36)21-24-60(51)33-41-7-5-10-44-49-29-38-16-17-40(54(65)66)28-48(38)56(41,44)20-22-58(49)2/h12-17,25,27-28,34,41-45,49-51H,3-11,18-24,26,29-33H2,1-2H3,(H,61,62)(H,63,64)(H,65,66)/t34?,41?,42?,43-,44-,45-,49+,50+,51+,55+,56-,57-/m1/s1.